The maximum Gasteiger partial charge on any atom is 1.00 e. The van der Waals surface area contributed by atoms with E-state index in [1.807, 2.05) is 20.8 Å². The minimum Gasteiger partial charge on any atom is -0.616 e. The zero-order valence-electron chi connectivity index (χ0n) is 8.05. The van der Waals surface area contributed by atoms with Crippen LogP contribution in [0.25, 0.3) is 0 Å². The van der Waals surface area contributed by atoms with Crippen molar-refractivity contribution in [2.45, 2.75) is 20.8 Å². The second-order valence-electron chi connectivity index (χ2n) is 1.83. The molecule has 11 heavy (non-hydrogen) atoms. The third kappa shape index (κ3) is 8.92. The van der Waals surface area contributed by atoms with Crippen LogP contribution < -0.4 is 18.9 Å². The molecule has 0 aromatic carbocycles. The van der Waals surface area contributed by atoms with E-state index in [1.54, 1.807) is 0 Å². The van der Waals surface area contributed by atoms with E-state index in [2.05, 4.69) is 0 Å². The standard InChI is InChI=1S/3C2H5O.Al.Li.H/c3*1-2-3;;;/h3*2H2,1H3;;;/q3*-1;+2;+1;. The van der Waals surface area contributed by atoms with Gasteiger partial charge in [-0.3, -0.25) is 0 Å². The number of hydrogen-bond donors (Lipinski definition) is 0. The van der Waals surface area contributed by atoms with Gasteiger partial charge in [0, 0.05) is 0 Å². The molecule has 0 aromatic rings. The van der Waals surface area contributed by atoms with E-state index in [0.717, 1.165) is 0 Å². The first-order valence-electron chi connectivity index (χ1n) is 3.85. The summed E-state index contributed by atoms with van der Waals surface area (Å²) < 4.78 is 15.8. The van der Waals surface area contributed by atoms with Gasteiger partial charge in [-0.05, 0) is 40.6 Å². The number of rotatable bonds is 6. The van der Waals surface area contributed by atoms with Gasteiger partial charge in [0.1, 0.15) is 0 Å². The molecule has 0 aliphatic carbocycles. The summed E-state index contributed by atoms with van der Waals surface area (Å²) in [6.45, 7) is 7.94. The van der Waals surface area contributed by atoms with Crippen molar-refractivity contribution in [3.8, 4) is 0 Å². The zero-order chi connectivity index (χ0) is 7.82. The molecule has 0 aliphatic rings. The van der Waals surface area contributed by atoms with Crippen LogP contribution in [0, 0.1) is 0 Å². The summed E-state index contributed by atoms with van der Waals surface area (Å²) in [5, 5.41) is 0. The van der Waals surface area contributed by atoms with Crippen molar-refractivity contribution in [2.75, 3.05) is 19.8 Å². The Balaban J connectivity index is 0. The Kier molecular flexibility index (Phi) is 14.5. The molecule has 0 unspecified atom stereocenters. The van der Waals surface area contributed by atoms with Gasteiger partial charge in [0.25, 0.3) is 0 Å². The Morgan fingerprint density at radius 1 is 0.818 bits per heavy atom. The number of hydrogen-bond acceptors (Lipinski definition) is 3. The zero-order valence-corrected chi connectivity index (χ0v) is 9.47. The summed E-state index contributed by atoms with van der Waals surface area (Å²) in [6.07, 6.45) is 0. The molecule has 62 valence electrons. The first-order valence-corrected chi connectivity index (χ1v) is 5.59. The summed E-state index contributed by atoms with van der Waals surface area (Å²) in [7, 11) is 0. The predicted octanol–water partition coefficient (Wildman–Crippen LogP) is -2.18. The van der Waals surface area contributed by atoms with Gasteiger partial charge in [0.2, 0.25) is 0 Å². The Morgan fingerprint density at radius 2 is 1.09 bits per heavy atom. The van der Waals surface area contributed by atoms with Crippen molar-refractivity contribution >= 4 is 15.1 Å². The van der Waals surface area contributed by atoms with Gasteiger partial charge in [-0.25, -0.2) is 0 Å². The van der Waals surface area contributed by atoms with Gasteiger partial charge < -0.3 is 11.4 Å². The van der Waals surface area contributed by atoms with Crippen LogP contribution >= 0.6 is 0 Å². The van der Waals surface area contributed by atoms with E-state index in [0.29, 0.717) is 19.8 Å². The summed E-state index contributed by atoms with van der Waals surface area (Å²) in [6, 6.07) is 0. The van der Waals surface area contributed by atoms with Crippen molar-refractivity contribution in [2.24, 2.45) is 0 Å². The molecule has 0 heterocycles. The smallest absolute Gasteiger partial charge is 0.616 e. The van der Waals surface area contributed by atoms with E-state index in [9.17, 15) is 0 Å². The van der Waals surface area contributed by atoms with Crippen molar-refractivity contribution < 1.29 is 30.2 Å². The van der Waals surface area contributed by atoms with Gasteiger partial charge in [-0.15, -0.1) is 0 Å². The van der Waals surface area contributed by atoms with E-state index in [4.69, 9.17) is 11.4 Å². The van der Waals surface area contributed by atoms with Crippen LogP contribution in [0.2, 0.25) is 0 Å². The molecular formula is C6H16AlLiO3. The molecule has 0 atom stereocenters. The maximum absolute atomic E-state index is 5.25. The average Bonchev–Trinajstić information content (AvgIpc) is 1.90. The normalized spacial score (nSPS) is 9.82. The van der Waals surface area contributed by atoms with Crippen LogP contribution in [0.3, 0.4) is 0 Å². The largest absolute Gasteiger partial charge is 1.00 e. The second kappa shape index (κ2) is 11.0. The van der Waals surface area contributed by atoms with E-state index >= 15 is 0 Å². The molecule has 0 fully saturated rings. The molecule has 0 aromatic heterocycles. The fourth-order valence-corrected chi connectivity index (χ4v) is 2.03. The summed E-state index contributed by atoms with van der Waals surface area (Å²) in [5.74, 6) is 0. The van der Waals surface area contributed by atoms with E-state index < -0.39 is 15.1 Å². The molecule has 0 N–H and O–H groups in total. The third-order valence-corrected chi connectivity index (χ3v) is 3.34. The van der Waals surface area contributed by atoms with Gasteiger partial charge in [0.15, 0.2) is 0 Å². The molecule has 0 radical (unpaired) electrons. The minimum atomic E-state index is -2.07. The quantitative estimate of drug-likeness (QED) is 0.424. The molecule has 5 heteroatoms. The first kappa shape index (κ1) is 14.5. The molecule has 0 saturated carbocycles. The van der Waals surface area contributed by atoms with Crippen LogP contribution in [0.1, 0.15) is 20.8 Å². The molecule has 0 amide bonds. The molecule has 0 aliphatic heterocycles. The van der Waals surface area contributed by atoms with Gasteiger partial charge in [0.05, 0.1) is 0 Å². The van der Waals surface area contributed by atoms with Crippen LogP contribution in [0.15, 0.2) is 0 Å². The Hall–Kier alpha value is 1.01. The Bertz CT molecular complexity index is 60.6. The maximum atomic E-state index is 5.25. The Morgan fingerprint density at radius 3 is 1.27 bits per heavy atom. The van der Waals surface area contributed by atoms with Crippen molar-refractivity contribution in [1.29, 1.82) is 0 Å². The molecule has 3 nitrogen and oxygen atoms in total. The molecular weight excluding hydrogens is 154 g/mol. The van der Waals surface area contributed by atoms with Crippen molar-refractivity contribution in [3.05, 3.63) is 0 Å². The minimum absolute atomic E-state index is 0. The summed E-state index contributed by atoms with van der Waals surface area (Å²) in [5.41, 5.74) is 0. The van der Waals surface area contributed by atoms with Crippen molar-refractivity contribution in [3.63, 3.8) is 0 Å². The first-order chi connectivity index (χ1) is 4.85. The monoisotopic (exact) mass is 170 g/mol. The Labute approximate surface area is 86.0 Å². The average molecular weight is 170 g/mol. The van der Waals surface area contributed by atoms with Gasteiger partial charge >= 0.3 is 34.0 Å². The molecule has 0 saturated heterocycles. The fourth-order valence-electron chi connectivity index (χ4n) is 0.677. The van der Waals surface area contributed by atoms with Crippen LogP contribution in [-0.4, -0.2) is 35.0 Å². The summed E-state index contributed by atoms with van der Waals surface area (Å²) >= 11 is -2.07. The van der Waals surface area contributed by atoms with E-state index in [-0.39, 0.29) is 18.9 Å². The predicted molar refractivity (Wildman–Crippen MR) is 42.0 cm³/mol. The molecule has 0 bridgehead atoms. The summed E-state index contributed by atoms with van der Waals surface area (Å²) in [4.78, 5) is 0. The topological polar surface area (TPSA) is 27.7 Å². The SMILES string of the molecule is CC[O][AlH-]([O]CC)[O]CC.[Li+]. The molecule has 0 rings (SSSR count). The van der Waals surface area contributed by atoms with Gasteiger partial charge in [-0.2, -0.15) is 0 Å². The van der Waals surface area contributed by atoms with Crippen LogP contribution in [0.4, 0.5) is 0 Å². The van der Waals surface area contributed by atoms with Crippen LogP contribution in [0.5, 0.6) is 0 Å². The molecule has 0 spiro atoms. The van der Waals surface area contributed by atoms with E-state index in [1.165, 1.54) is 0 Å². The third-order valence-electron chi connectivity index (χ3n) is 1.11. The fraction of sp³-hybridized carbons (Fsp3) is 1.00. The van der Waals surface area contributed by atoms with Crippen LogP contribution in [-0.2, 0) is 11.4 Å². The van der Waals surface area contributed by atoms with Gasteiger partial charge in [-0.1, -0.05) is 0 Å². The van der Waals surface area contributed by atoms with Crippen molar-refractivity contribution in [1.82, 2.24) is 0 Å². The second-order valence-corrected chi connectivity index (χ2v) is 3.76.